The van der Waals surface area contributed by atoms with Crippen LogP contribution in [-0.4, -0.2) is 47.3 Å². The smallest absolute Gasteiger partial charge is 0.259 e. The summed E-state index contributed by atoms with van der Waals surface area (Å²) < 4.78 is 5.60. The number of hydrogen-bond acceptors (Lipinski definition) is 4. The first kappa shape index (κ1) is 11.9. The van der Waals surface area contributed by atoms with Crippen LogP contribution in [0.4, 0.5) is 5.82 Å². The molecule has 1 aliphatic rings. The largest absolute Gasteiger partial charge is 0.383 e. The van der Waals surface area contributed by atoms with Gasteiger partial charge < -0.3 is 15.4 Å². The van der Waals surface area contributed by atoms with Crippen molar-refractivity contribution in [3.05, 3.63) is 11.8 Å². The van der Waals surface area contributed by atoms with Gasteiger partial charge in [-0.3, -0.25) is 9.89 Å². The summed E-state index contributed by atoms with van der Waals surface area (Å²) >= 11 is 0. The van der Waals surface area contributed by atoms with Gasteiger partial charge in [-0.2, -0.15) is 5.10 Å². The summed E-state index contributed by atoms with van der Waals surface area (Å²) in [5, 5.41) is 6.30. The highest BCUT2D eigenvalue weighted by Crippen LogP contribution is 2.15. The van der Waals surface area contributed by atoms with Crippen LogP contribution in [0.15, 0.2) is 6.20 Å². The maximum atomic E-state index is 12.0. The van der Waals surface area contributed by atoms with Gasteiger partial charge >= 0.3 is 0 Å². The molecular weight excluding hydrogens is 220 g/mol. The summed E-state index contributed by atoms with van der Waals surface area (Å²) in [5.74, 6) is 0.192. The van der Waals surface area contributed by atoms with Gasteiger partial charge in [-0.05, 0) is 19.3 Å². The number of H-pyrrole nitrogens is 1. The molecular formula is C11H18N4O2. The van der Waals surface area contributed by atoms with Crippen LogP contribution in [0.5, 0.6) is 0 Å². The molecule has 1 aromatic heterocycles. The Balaban J connectivity index is 1.93. The van der Waals surface area contributed by atoms with Crippen molar-refractivity contribution in [1.29, 1.82) is 0 Å². The number of carbonyl (C=O) groups excluding carboxylic acids is 1. The van der Waals surface area contributed by atoms with Crippen molar-refractivity contribution in [2.24, 2.45) is 0 Å². The Morgan fingerprint density at radius 1 is 1.71 bits per heavy atom. The third-order valence-corrected chi connectivity index (χ3v) is 3.00. The highest BCUT2D eigenvalue weighted by molar-refractivity contribution is 5.97. The molecule has 2 heterocycles. The number of aromatic nitrogens is 2. The van der Waals surface area contributed by atoms with E-state index < -0.39 is 0 Å². The molecule has 1 atom stereocenters. The molecule has 0 bridgehead atoms. The van der Waals surface area contributed by atoms with Crippen molar-refractivity contribution in [1.82, 2.24) is 15.1 Å². The van der Waals surface area contributed by atoms with Gasteiger partial charge in [-0.25, -0.2) is 0 Å². The van der Waals surface area contributed by atoms with E-state index in [1.54, 1.807) is 11.9 Å². The molecule has 1 saturated heterocycles. The van der Waals surface area contributed by atoms with Gasteiger partial charge in [0, 0.05) is 20.2 Å². The predicted molar refractivity (Wildman–Crippen MR) is 63.6 cm³/mol. The first-order chi connectivity index (χ1) is 8.18. The van der Waals surface area contributed by atoms with Crippen LogP contribution >= 0.6 is 0 Å². The molecule has 0 aromatic carbocycles. The normalized spacial score (nSPS) is 20.2. The number of aromatic amines is 1. The van der Waals surface area contributed by atoms with Crippen molar-refractivity contribution < 1.29 is 9.53 Å². The third-order valence-electron chi connectivity index (χ3n) is 3.00. The lowest BCUT2D eigenvalue weighted by molar-refractivity contribution is -0.000169. The average molecular weight is 238 g/mol. The van der Waals surface area contributed by atoms with Gasteiger partial charge in [0.15, 0.2) is 0 Å². The summed E-state index contributed by atoms with van der Waals surface area (Å²) in [5.41, 5.74) is 6.04. The molecule has 1 fully saturated rings. The van der Waals surface area contributed by atoms with E-state index in [0.717, 1.165) is 19.4 Å². The molecule has 6 nitrogen and oxygen atoms in total. The molecule has 6 heteroatoms. The molecule has 0 saturated carbocycles. The Labute approximate surface area is 100 Å². The van der Waals surface area contributed by atoms with Crippen molar-refractivity contribution >= 4 is 11.7 Å². The zero-order valence-electron chi connectivity index (χ0n) is 9.98. The zero-order valence-corrected chi connectivity index (χ0v) is 9.98. The second-order valence-corrected chi connectivity index (χ2v) is 4.37. The fourth-order valence-electron chi connectivity index (χ4n) is 2.01. The molecule has 1 aliphatic heterocycles. The highest BCUT2D eigenvalue weighted by Gasteiger charge is 2.21. The molecule has 3 N–H and O–H groups in total. The SMILES string of the molecule is CN(CC1CCCCO1)C(=O)c1cn[nH]c1N. The van der Waals surface area contributed by atoms with E-state index in [1.807, 2.05) is 0 Å². The fourth-order valence-corrected chi connectivity index (χ4v) is 2.01. The summed E-state index contributed by atoms with van der Waals surface area (Å²) in [6.07, 6.45) is 4.89. The lowest BCUT2D eigenvalue weighted by Gasteiger charge is -2.27. The van der Waals surface area contributed by atoms with Gasteiger partial charge in [-0.1, -0.05) is 0 Å². The number of nitrogens with zero attached hydrogens (tertiary/aromatic N) is 2. The zero-order chi connectivity index (χ0) is 12.3. The van der Waals surface area contributed by atoms with E-state index in [2.05, 4.69) is 10.2 Å². The Kier molecular flexibility index (Phi) is 3.63. The lowest BCUT2D eigenvalue weighted by Crippen LogP contribution is -2.37. The second-order valence-electron chi connectivity index (χ2n) is 4.37. The topological polar surface area (TPSA) is 84.2 Å². The van der Waals surface area contributed by atoms with Crippen molar-refractivity contribution in [3.8, 4) is 0 Å². The highest BCUT2D eigenvalue weighted by atomic mass is 16.5. The number of carbonyl (C=O) groups is 1. The Morgan fingerprint density at radius 3 is 3.12 bits per heavy atom. The molecule has 1 aromatic rings. The minimum Gasteiger partial charge on any atom is -0.383 e. The van der Waals surface area contributed by atoms with Crippen LogP contribution in [0, 0.1) is 0 Å². The minimum atomic E-state index is -0.120. The van der Waals surface area contributed by atoms with Crippen LogP contribution in [0.3, 0.4) is 0 Å². The molecule has 0 spiro atoms. The summed E-state index contributed by atoms with van der Waals surface area (Å²) in [6, 6.07) is 0. The number of nitrogens with one attached hydrogen (secondary N) is 1. The van der Waals surface area contributed by atoms with E-state index in [-0.39, 0.29) is 12.0 Å². The van der Waals surface area contributed by atoms with Gasteiger partial charge in [0.05, 0.1) is 12.3 Å². The number of nitrogens with two attached hydrogens (primary N) is 1. The van der Waals surface area contributed by atoms with E-state index >= 15 is 0 Å². The van der Waals surface area contributed by atoms with E-state index in [1.165, 1.54) is 12.6 Å². The maximum Gasteiger partial charge on any atom is 0.259 e. The molecule has 2 rings (SSSR count). The molecule has 0 aliphatic carbocycles. The lowest BCUT2D eigenvalue weighted by atomic mass is 10.1. The molecule has 1 amide bonds. The number of ether oxygens (including phenoxy) is 1. The van der Waals surface area contributed by atoms with Gasteiger partial charge in [-0.15, -0.1) is 0 Å². The summed E-state index contributed by atoms with van der Waals surface area (Å²) in [6.45, 7) is 1.39. The van der Waals surface area contributed by atoms with E-state index in [4.69, 9.17) is 10.5 Å². The first-order valence-corrected chi connectivity index (χ1v) is 5.84. The molecule has 1 unspecified atom stereocenters. The van der Waals surface area contributed by atoms with Gasteiger partial charge in [0.2, 0.25) is 0 Å². The number of likely N-dealkylation sites (N-methyl/N-ethyl adjacent to an activating group) is 1. The van der Waals surface area contributed by atoms with E-state index in [0.29, 0.717) is 17.9 Å². The third kappa shape index (κ3) is 2.76. The predicted octanol–water partition coefficient (Wildman–Crippen LogP) is 0.633. The monoisotopic (exact) mass is 238 g/mol. The van der Waals surface area contributed by atoms with Crippen molar-refractivity contribution in [3.63, 3.8) is 0 Å². The first-order valence-electron chi connectivity index (χ1n) is 5.84. The van der Waals surface area contributed by atoms with Crippen molar-refractivity contribution in [2.75, 3.05) is 25.9 Å². The number of anilines is 1. The summed E-state index contributed by atoms with van der Waals surface area (Å²) in [7, 11) is 1.76. The minimum absolute atomic E-state index is 0.120. The van der Waals surface area contributed by atoms with Crippen LogP contribution in [-0.2, 0) is 4.74 Å². The maximum absolute atomic E-state index is 12.0. The van der Waals surface area contributed by atoms with Gasteiger partial charge in [0.1, 0.15) is 11.4 Å². The van der Waals surface area contributed by atoms with Crippen LogP contribution in [0.1, 0.15) is 29.6 Å². The Hall–Kier alpha value is -1.56. The number of nitrogen functional groups attached to an aromatic ring is 1. The quantitative estimate of drug-likeness (QED) is 0.809. The van der Waals surface area contributed by atoms with E-state index in [9.17, 15) is 4.79 Å². The number of rotatable bonds is 3. The molecule has 94 valence electrons. The Morgan fingerprint density at radius 2 is 2.53 bits per heavy atom. The molecule has 17 heavy (non-hydrogen) atoms. The van der Waals surface area contributed by atoms with Crippen molar-refractivity contribution in [2.45, 2.75) is 25.4 Å². The van der Waals surface area contributed by atoms with Crippen LogP contribution < -0.4 is 5.73 Å². The van der Waals surface area contributed by atoms with Crippen LogP contribution in [0.2, 0.25) is 0 Å². The number of hydrogen-bond donors (Lipinski definition) is 2. The average Bonchev–Trinajstić information content (AvgIpc) is 2.76. The second kappa shape index (κ2) is 5.18. The van der Waals surface area contributed by atoms with Crippen LogP contribution in [0.25, 0.3) is 0 Å². The molecule has 0 radical (unpaired) electrons. The standard InChI is InChI=1S/C11H18N4O2/c1-15(7-8-4-2-3-5-17-8)11(16)9-6-13-14-10(9)12/h6,8H,2-5,7H2,1H3,(H3,12,13,14). The Bertz CT molecular complexity index is 385. The fraction of sp³-hybridized carbons (Fsp3) is 0.636. The number of amides is 1. The summed E-state index contributed by atoms with van der Waals surface area (Å²) in [4.78, 5) is 13.7. The van der Waals surface area contributed by atoms with Gasteiger partial charge in [0.25, 0.3) is 5.91 Å².